The molecule has 0 aromatic heterocycles. The number of halogens is 3. The Kier molecular flexibility index (Phi) is 3.94. The van der Waals surface area contributed by atoms with Gasteiger partial charge in [-0.15, -0.1) is 0 Å². The molecule has 2 rings (SSSR count). The molecular weight excluding hydrogens is 288 g/mol. The molecule has 0 bridgehead atoms. The highest BCUT2D eigenvalue weighted by Gasteiger charge is 2.11. The van der Waals surface area contributed by atoms with Crippen molar-refractivity contribution in [2.24, 2.45) is 0 Å². The monoisotopic (exact) mass is 295 g/mol. The Labute approximate surface area is 119 Å². The first-order valence-electron chi connectivity index (χ1n) is 5.34. The minimum atomic E-state index is -0.653. The van der Waals surface area contributed by atoms with Crippen LogP contribution in [-0.4, -0.2) is 0 Å². The van der Waals surface area contributed by atoms with Gasteiger partial charge in [-0.1, -0.05) is 23.2 Å². The second-order valence-corrected chi connectivity index (χ2v) is 4.73. The average molecular weight is 296 g/mol. The SMILES string of the molecule is Cc1cc(Cl)c(Oc2ccc(C#N)c(F)c2)c(Cl)c1. The fourth-order valence-electron chi connectivity index (χ4n) is 1.55. The normalized spacial score (nSPS) is 10.1. The summed E-state index contributed by atoms with van der Waals surface area (Å²) < 4.78 is 18.9. The first-order chi connectivity index (χ1) is 9.01. The van der Waals surface area contributed by atoms with Gasteiger partial charge in [0.15, 0.2) is 5.75 Å². The van der Waals surface area contributed by atoms with E-state index in [2.05, 4.69) is 0 Å². The molecule has 0 aliphatic heterocycles. The topological polar surface area (TPSA) is 33.0 Å². The van der Waals surface area contributed by atoms with Crippen LogP contribution in [0.1, 0.15) is 11.1 Å². The third-order valence-electron chi connectivity index (χ3n) is 2.42. The van der Waals surface area contributed by atoms with Gasteiger partial charge in [-0.3, -0.25) is 0 Å². The third kappa shape index (κ3) is 2.98. The van der Waals surface area contributed by atoms with Gasteiger partial charge < -0.3 is 4.74 Å². The lowest BCUT2D eigenvalue weighted by atomic mass is 10.2. The molecule has 0 N–H and O–H groups in total. The summed E-state index contributed by atoms with van der Waals surface area (Å²) in [6.45, 7) is 1.85. The van der Waals surface area contributed by atoms with E-state index in [-0.39, 0.29) is 17.1 Å². The zero-order chi connectivity index (χ0) is 14.0. The number of ether oxygens (including phenoxy) is 1. The third-order valence-corrected chi connectivity index (χ3v) is 2.99. The quantitative estimate of drug-likeness (QED) is 0.772. The van der Waals surface area contributed by atoms with E-state index in [1.54, 1.807) is 18.2 Å². The van der Waals surface area contributed by atoms with Gasteiger partial charge in [0.05, 0.1) is 15.6 Å². The molecule has 2 aromatic carbocycles. The number of nitriles is 1. The van der Waals surface area contributed by atoms with Crippen LogP contribution in [0.15, 0.2) is 30.3 Å². The molecule has 0 unspecified atom stereocenters. The van der Waals surface area contributed by atoms with Crippen LogP contribution in [0.3, 0.4) is 0 Å². The van der Waals surface area contributed by atoms with Crippen molar-refractivity contribution in [1.82, 2.24) is 0 Å². The highest BCUT2D eigenvalue weighted by Crippen LogP contribution is 2.37. The largest absolute Gasteiger partial charge is 0.454 e. The standard InChI is InChI=1S/C14H8Cl2FNO/c1-8-4-11(15)14(12(16)5-8)19-10-3-2-9(7-18)13(17)6-10/h2-6H,1H3. The van der Waals surface area contributed by atoms with Crippen LogP contribution in [0.2, 0.25) is 10.0 Å². The molecule has 0 atom stereocenters. The lowest BCUT2D eigenvalue weighted by molar-refractivity contribution is 0.477. The predicted molar refractivity (Wildman–Crippen MR) is 72.4 cm³/mol. The molecule has 0 fully saturated rings. The fraction of sp³-hybridized carbons (Fsp3) is 0.0714. The molecule has 0 aliphatic rings. The maximum absolute atomic E-state index is 13.4. The van der Waals surface area contributed by atoms with Gasteiger partial charge in [0.25, 0.3) is 0 Å². The van der Waals surface area contributed by atoms with Gasteiger partial charge >= 0.3 is 0 Å². The molecule has 0 aliphatic carbocycles. The summed E-state index contributed by atoms with van der Waals surface area (Å²) in [6, 6.07) is 9.06. The predicted octanol–water partition coefficient (Wildman–Crippen LogP) is 5.10. The zero-order valence-corrected chi connectivity index (χ0v) is 11.4. The molecule has 2 nitrogen and oxygen atoms in total. The van der Waals surface area contributed by atoms with Gasteiger partial charge in [-0.2, -0.15) is 5.26 Å². The molecule has 2 aromatic rings. The van der Waals surface area contributed by atoms with Crippen LogP contribution >= 0.6 is 23.2 Å². The molecule has 5 heteroatoms. The van der Waals surface area contributed by atoms with Gasteiger partial charge in [-0.25, -0.2) is 4.39 Å². The van der Waals surface area contributed by atoms with E-state index in [1.165, 1.54) is 12.1 Å². The van der Waals surface area contributed by atoms with E-state index in [4.69, 9.17) is 33.2 Å². The Balaban J connectivity index is 2.37. The van der Waals surface area contributed by atoms with Gasteiger partial charge in [0.1, 0.15) is 17.6 Å². The number of benzene rings is 2. The number of nitrogens with zero attached hydrogens (tertiary/aromatic N) is 1. The second kappa shape index (κ2) is 5.48. The molecule has 0 spiro atoms. The van der Waals surface area contributed by atoms with Crippen LogP contribution < -0.4 is 4.74 Å². The molecule has 96 valence electrons. The van der Waals surface area contributed by atoms with E-state index in [9.17, 15) is 4.39 Å². The van der Waals surface area contributed by atoms with E-state index in [0.29, 0.717) is 10.0 Å². The Hall–Kier alpha value is -1.76. The first-order valence-corrected chi connectivity index (χ1v) is 6.10. The Morgan fingerprint density at radius 1 is 1.16 bits per heavy atom. The van der Waals surface area contributed by atoms with Crippen molar-refractivity contribution in [3.8, 4) is 17.6 Å². The number of aryl methyl sites for hydroxylation is 1. The van der Waals surface area contributed by atoms with Crippen LogP contribution in [0.25, 0.3) is 0 Å². The lowest BCUT2D eigenvalue weighted by Crippen LogP contribution is -1.90. The highest BCUT2D eigenvalue weighted by atomic mass is 35.5. The lowest BCUT2D eigenvalue weighted by Gasteiger charge is -2.10. The first kappa shape index (κ1) is 13.7. The van der Waals surface area contributed by atoms with Gasteiger partial charge in [0, 0.05) is 6.07 Å². The molecule has 19 heavy (non-hydrogen) atoms. The van der Waals surface area contributed by atoms with E-state index >= 15 is 0 Å². The summed E-state index contributed by atoms with van der Waals surface area (Å²) in [7, 11) is 0. The zero-order valence-electron chi connectivity index (χ0n) is 9.88. The Morgan fingerprint density at radius 3 is 2.32 bits per heavy atom. The molecule has 0 saturated carbocycles. The summed E-state index contributed by atoms with van der Waals surface area (Å²) in [5.41, 5.74) is 0.849. The van der Waals surface area contributed by atoms with Crippen molar-refractivity contribution in [2.75, 3.05) is 0 Å². The van der Waals surface area contributed by atoms with Crippen molar-refractivity contribution in [3.63, 3.8) is 0 Å². The van der Waals surface area contributed by atoms with E-state index < -0.39 is 5.82 Å². The van der Waals surface area contributed by atoms with Crippen LogP contribution in [0.5, 0.6) is 11.5 Å². The van der Waals surface area contributed by atoms with Gasteiger partial charge in [-0.05, 0) is 36.8 Å². The molecule has 0 radical (unpaired) electrons. The van der Waals surface area contributed by atoms with Crippen molar-refractivity contribution < 1.29 is 9.13 Å². The van der Waals surface area contributed by atoms with Crippen molar-refractivity contribution >= 4 is 23.2 Å². The van der Waals surface area contributed by atoms with Gasteiger partial charge in [0.2, 0.25) is 0 Å². The smallest absolute Gasteiger partial charge is 0.164 e. The molecule has 0 heterocycles. The van der Waals surface area contributed by atoms with E-state index in [1.807, 2.05) is 6.92 Å². The maximum atomic E-state index is 13.4. The van der Waals surface area contributed by atoms with Crippen molar-refractivity contribution in [2.45, 2.75) is 6.92 Å². The summed E-state index contributed by atoms with van der Waals surface area (Å²) in [4.78, 5) is 0. The molecule has 0 saturated heterocycles. The van der Waals surface area contributed by atoms with Crippen molar-refractivity contribution in [3.05, 3.63) is 57.3 Å². The highest BCUT2D eigenvalue weighted by molar-refractivity contribution is 6.37. The maximum Gasteiger partial charge on any atom is 0.164 e. The van der Waals surface area contributed by atoms with Crippen LogP contribution in [-0.2, 0) is 0 Å². The molecule has 0 amide bonds. The number of hydrogen-bond acceptors (Lipinski definition) is 2. The minimum Gasteiger partial charge on any atom is -0.454 e. The van der Waals surface area contributed by atoms with Crippen LogP contribution in [0.4, 0.5) is 4.39 Å². The Bertz CT molecular complexity index is 657. The number of rotatable bonds is 2. The second-order valence-electron chi connectivity index (χ2n) is 3.91. The van der Waals surface area contributed by atoms with Crippen LogP contribution in [0, 0.1) is 24.1 Å². The average Bonchev–Trinajstić information content (AvgIpc) is 2.34. The summed E-state index contributed by atoms with van der Waals surface area (Å²) in [6.07, 6.45) is 0. The minimum absolute atomic E-state index is 0.0477. The van der Waals surface area contributed by atoms with Crippen molar-refractivity contribution in [1.29, 1.82) is 5.26 Å². The summed E-state index contributed by atoms with van der Waals surface area (Å²) in [5, 5.41) is 9.33. The fourth-order valence-corrected chi connectivity index (χ4v) is 2.23. The Morgan fingerprint density at radius 2 is 1.79 bits per heavy atom. The van der Waals surface area contributed by atoms with E-state index in [0.717, 1.165) is 11.6 Å². The molecular formula is C14H8Cl2FNO. The summed E-state index contributed by atoms with van der Waals surface area (Å²) in [5.74, 6) is -0.165. The number of hydrogen-bond donors (Lipinski definition) is 0. The summed E-state index contributed by atoms with van der Waals surface area (Å²) >= 11 is 12.1.